The molecule has 0 saturated heterocycles. The molecule has 0 aromatic heterocycles. The predicted octanol–water partition coefficient (Wildman–Crippen LogP) is 3.67. The van der Waals surface area contributed by atoms with E-state index >= 15 is 0 Å². The molecule has 0 bridgehead atoms. The summed E-state index contributed by atoms with van der Waals surface area (Å²) in [5, 5.41) is 9.84. The fourth-order valence-corrected chi connectivity index (χ4v) is 2.98. The average molecular weight is 268 g/mol. The number of nitrogens with two attached hydrogens (primary N) is 1. The standard InChI is InChI=1S/C14H18ClNO2/c15-12-7-3-6-10(13(12)16)11(14(17)18)8-9-4-1-2-5-9/h3,6-7,9,11H,1-2,4-5,8,16H2,(H,17,18). The Bertz CT molecular complexity index is 441. The van der Waals surface area contributed by atoms with Crippen molar-refractivity contribution in [3.63, 3.8) is 0 Å². The second-order valence-corrected chi connectivity index (χ2v) is 5.43. The molecule has 0 heterocycles. The van der Waals surface area contributed by atoms with Crippen LogP contribution in [0, 0.1) is 5.92 Å². The monoisotopic (exact) mass is 267 g/mol. The van der Waals surface area contributed by atoms with Crippen LogP contribution in [0.25, 0.3) is 0 Å². The van der Waals surface area contributed by atoms with Crippen molar-refractivity contribution in [2.24, 2.45) is 5.92 Å². The third-order valence-corrected chi connectivity index (χ3v) is 4.13. The maximum Gasteiger partial charge on any atom is 0.311 e. The molecule has 3 nitrogen and oxygen atoms in total. The van der Waals surface area contributed by atoms with E-state index in [1.165, 1.54) is 12.8 Å². The molecule has 4 heteroatoms. The van der Waals surface area contributed by atoms with E-state index < -0.39 is 11.9 Å². The van der Waals surface area contributed by atoms with E-state index in [4.69, 9.17) is 17.3 Å². The van der Waals surface area contributed by atoms with Crippen LogP contribution in [0.2, 0.25) is 5.02 Å². The molecule has 0 radical (unpaired) electrons. The Hall–Kier alpha value is -1.22. The molecule has 0 spiro atoms. The molecule has 1 aliphatic carbocycles. The van der Waals surface area contributed by atoms with Crippen molar-refractivity contribution in [2.45, 2.75) is 38.0 Å². The van der Waals surface area contributed by atoms with Gasteiger partial charge in [0.1, 0.15) is 0 Å². The Morgan fingerprint density at radius 1 is 1.44 bits per heavy atom. The Labute approximate surface area is 112 Å². The maximum atomic E-state index is 11.5. The summed E-state index contributed by atoms with van der Waals surface area (Å²) in [7, 11) is 0. The van der Waals surface area contributed by atoms with Crippen LogP contribution in [0.5, 0.6) is 0 Å². The number of hydrogen-bond donors (Lipinski definition) is 2. The Morgan fingerprint density at radius 2 is 2.11 bits per heavy atom. The number of para-hydroxylation sites is 1. The van der Waals surface area contributed by atoms with Crippen molar-refractivity contribution in [3.8, 4) is 0 Å². The molecule has 1 unspecified atom stereocenters. The minimum absolute atomic E-state index is 0.407. The van der Waals surface area contributed by atoms with Gasteiger partial charge in [-0.25, -0.2) is 0 Å². The minimum Gasteiger partial charge on any atom is -0.481 e. The van der Waals surface area contributed by atoms with Gasteiger partial charge < -0.3 is 10.8 Å². The zero-order chi connectivity index (χ0) is 13.1. The predicted molar refractivity (Wildman–Crippen MR) is 72.8 cm³/mol. The topological polar surface area (TPSA) is 63.3 Å². The van der Waals surface area contributed by atoms with Crippen molar-refractivity contribution in [1.29, 1.82) is 0 Å². The average Bonchev–Trinajstić information content (AvgIpc) is 2.83. The molecular weight excluding hydrogens is 250 g/mol. The lowest BCUT2D eigenvalue weighted by Crippen LogP contribution is -2.16. The number of carboxylic acid groups (broad SMARTS) is 1. The smallest absolute Gasteiger partial charge is 0.311 e. The molecule has 18 heavy (non-hydrogen) atoms. The highest BCUT2D eigenvalue weighted by Gasteiger charge is 2.28. The van der Waals surface area contributed by atoms with Crippen LogP contribution < -0.4 is 5.73 Å². The summed E-state index contributed by atoms with van der Waals surface area (Å²) in [6, 6.07) is 5.22. The number of hydrogen-bond acceptors (Lipinski definition) is 2. The molecule has 0 aliphatic heterocycles. The van der Waals surface area contributed by atoms with Crippen LogP contribution in [-0.2, 0) is 4.79 Å². The van der Waals surface area contributed by atoms with Gasteiger partial charge in [0, 0.05) is 0 Å². The third-order valence-electron chi connectivity index (χ3n) is 3.80. The number of nitrogen functional groups attached to an aromatic ring is 1. The lowest BCUT2D eigenvalue weighted by molar-refractivity contribution is -0.139. The zero-order valence-corrected chi connectivity index (χ0v) is 11.0. The van der Waals surface area contributed by atoms with Gasteiger partial charge in [-0.1, -0.05) is 49.4 Å². The van der Waals surface area contributed by atoms with E-state index in [2.05, 4.69) is 0 Å². The van der Waals surface area contributed by atoms with Gasteiger partial charge in [0.25, 0.3) is 0 Å². The van der Waals surface area contributed by atoms with E-state index in [0.29, 0.717) is 28.6 Å². The van der Waals surface area contributed by atoms with Gasteiger partial charge in [-0.15, -0.1) is 0 Å². The molecule has 1 fully saturated rings. The van der Waals surface area contributed by atoms with Gasteiger partial charge in [0.15, 0.2) is 0 Å². The molecule has 1 aromatic carbocycles. The molecule has 1 aromatic rings. The minimum atomic E-state index is -0.809. The summed E-state index contributed by atoms with van der Waals surface area (Å²) in [6.07, 6.45) is 5.35. The number of benzene rings is 1. The molecule has 98 valence electrons. The maximum absolute atomic E-state index is 11.5. The van der Waals surface area contributed by atoms with E-state index in [1.54, 1.807) is 18.2 Å². The summed E-state index contributed by atoms with van der Waals surface area (Å²) < 4.78 is 0. The number of aliphatic carboxylic acids is 1. The Kier molecular flexibility index (Phi) is 4.12. The third kappa shape index (κ3) is 2.78. The molecule has 1 saturated carbocycles. The molecule has 1 atom stereocenters. The first kappa shape index (κ1) is 13.2. The SMILES string of the molecule is Nc1c(Cl)cccc1C(CC1CCCC1)C(=O)O. The second-order valence-electron chi connectivity index (χ2n) is 5.02. The van der Waals surface area contributed by atoms with Crippen LogP contribution in [0.3, 0.4) is 0 Å². The van der Waals surface area contributed by atoms with Gasteiger partial charge in [0.2, 0.25) is 0 Å². The van der Waals surface area contributed by atoms with Gasteiger partial charge in [-0.05, 0) is 24.0 Å². The van der Waals surface area contributed by atoms with Crippen molar-refractivity contribution in [1.82, 2.24) is 0 Å². The van der Waals surface area contributed by atoms with Crippen LogP contribution in [0.4, 0.5) is 5.69 Å². The zero-order valence-electron chi connectivity index (χ0n) is 10.2. The van der Waals surface area contributed by atoms with Crippen LogP contribution in [0.1, 0.15) is 43.6 Å². The molecule has 3 N–H and O–H groups in total. The van der Waals surface area contributed by atoms with Gasteiger partial charge in [-0.3, -0.25) is 4.79 Å². The molecule has 0 amide bonds. The lowest BCUT2D eigenvalue weighted by Gasteiger charge is -2.19. The fourth-order valence-electron chi connectivity index (χ4n) is 2.80. The normalized spacial score (nSPS) is 17.8. The second kappa shape index (κ2) is 5.61. The number of carboxylic acids is 1. The number of anilines is 1. The first-order valence-corrected chi connectivity index (χ1v) is 6.74. The first-order valence-electron chi connectivity index (χ1n) is 6.36. The lowest BCUT2D eigenvalue weighted by atomic mass is 9.87. The van der Waals surface area contributed by atoms with Crippen molar-refractivity contribution >= 4 is 23.3 Å². The summed E-state index contributed by atoms with van der Waals surface area (Å²) in [5.41, 5.74) is 6.96. The summed E-state index contributed by atoms with van der Waals surface area (Å²) >= 11 is 5.96. The quantitative estimate of drug-likeness (QED) is 0.818. The van der Waals surface area contributed by atoms with Crippen LogP contribution >= 0.6 is 11.6 Å². The van der Waals surface area contributed by atoms with Crippen LogP contribution in [0.15, 0.2) is 18.2 Å². The van der Waals surface area contributed by atoms with Gasteiger partial charge >= 0.3 is 5.97 Å². The van der Waals surface area contributed by atoms with Crippen molar-refractivity contribution in [2.75, 3.05) is 5.73 Å². The highest BCUT2D eigenvalue weighted by Crippen LogP contribution is 2.37. The van der Waals surface area contributed by atoms with Crippen molar-refractivity contribution in [3.05, 3.63) is 28.8 Å². The van der Waals surface area contributed by atoms with E-state index in [0.717, 1.165) is 12.8 Å². The van der Waals surface area contributed by atoms with Crippen LogP contribution in [-0.4, -0.2) is 11.1 Å². The van der Waals surface area contributed by atoms with Gasteiger partial charge in [0.05, 0.1) is 16.6 Å². The highest BCUT2D eigenvalue weighted by atomic mass is 35.5. The van der Waals surface area contributed by atoms with E-state index in [9.17, 15) is 9.90 Å². The van der Waals surface area contributed by atoms with Gasteiger partial charge in [-0.2, -0.15) is 0 Å². The van der Waals surface area contributed by atoms with Crippen molar-refractivity contribution < 1.29 is 9.90 Å². The largest absolute Gasteiger partial charge is 0.481 e. The molecule has 1 aliphatic rings. The van der Waals surface area contributed by atoms with E-state index in [1.807, 2.05) is 0 Å². The summed E-state index contributed by atoms with van der Waals surface area (Å²) in [5.74, 6) is -0.841. The summed E-state index contributed by atoms with van der Waals surface area (Å²) in [4.78, 5) is 11.5. The number of carbonyl (C=O) groups is 1. The molecule has 2 rings (SSSR count). The Morgan fingerprint density at radius 3 is 2.72 bits per heavy atom. The first-order chi connectivity index (χ1) is 8.59. The number of rotatable bonds is 4. The highest BCUT2D eigenvalue weighted by molar-refractivity contribution is 6.33. The number of halogens is 1. The summed E-state index contributed by atoms with van der Waals surface area (Å²) in [6.45, 7) is 0. The molecular formula is C14H18ClNO2. The Balaban J connectivity index is 2.23. The van der Waals surface area contributed by atoms with E-state index in [-0.39, 0.29) is 0 Å². The fraction of sp³-hybridized carbons (Fsp3) is 0.500.